The molecule has 3 heteroatoms. The fraction of sp³-hybridized carbons (Fsp3) is 1.00. The Labute approximate surface area is 100.0 Å². The second-order valence-electron chi connectivity index (χ2n) is 6.16. The number of likely N-dealkylation sites (tertiary alicyclic amines) is 1. The van der Waals surface area contributed by atoms with Gasteiger partial charge in [0.25, 0.3) is 0 Å². The van der Waals surface area contributed by atoms with Crippen molar-refractivity contribution in [1.82, 2.24) is 4.90 Å². The van der Waals surface area contributed by atoms with Crippen LogP contribution in [0.25, 0.3) is 0 Å². The van der Waals surface area contributed by atoms with E-state index in [1.807, 2.05) is 0 Å². The SMILES string of the molecule is CC(C)(N)CN1CCCC2(CCC2)C1.Cl. The molecular formula is C12H25ClN2. The van der Waals surface area contributed by atoms with Gasteiger partial charge in [-0.2, -0.15) is 0 Å². The van der Waals surface area contributed by atoms with Crippen molar-refractivity contribution in [3.05, 3.63) is 0 Å². The minimum absolute atomic E-state index is 0. The predicted octanol–water partition coefficient (Wildman–Crippen LogP) is 2.41. The Morgan fingerprint density at radius 3 is 2.27 bits per heavy atom. The molecule has 2 rings (SSSR count). The number of halogens is 1. The molecule has 1 saturated carbocycles. The fourth-order valence-electron chi connectivity index (χ4n) is 3.11. The van der Waals surface area contributed by atoms with Crippen LogP contribution in [0.15, 0.2) is 0 Å². The lowest BCUT2D eigenvalue weighted by atomic mass is 9.64. The van der Waals surface area contributed by atoms with Gasteiger partial charge in [0.05, 0.1) is 0 Å². The van der Waals surface area contributed by atoms with Crippen molar-refractivity contribution >= 4 is 12.4 Å². The number of hydrogen-bond acceptors (Lipinski definition) is 2. The molecule has 0 bridgehead atoms. The van der Waals surface area contributed by atoms with E-state index < -0.39 is 0 Å². The van der Waals surface area contributed by atoms with E-state index in [1.54, 1.807) is 0 Å². The van der Waals surface area contributed by atoms with Crippen LogP contribution >= 0.6 is 12.4 Å². The zero-order chi connectivity index (χ0) is 10.2. The lowest BCUT2D eigenvalue weighted by Gasteiger charge is -2.50. The standard InChI is InChI=1S/C12H24N2.ClH/c1-11(2,13)9-14-8-4-7-12(10-14)5-3-6-12;/h3-10,13H2,1-2H3;1H. The summed E-state index contributed by atoms with van der Waals surface area (Å²) < 4.78 is 0. The van der Waals surface area contributed by atoms with E-state index >= 15 is 0 Å². The molecule has 0 aromatic carbocycles. The van der Waals surface area contributed by atoms with Crippen molar-refractivity contribution < 1.29 is 0 Å². The predicted molar refractivity (Wildman–Crippen MR) is 67.5 cm³/mol. The smallest absolute Gasteiger partial charge is 0.0226 e. The molecule has 15 heavy (non-hydrogen) atoms. The maximum atomic E-state index is 6.07. The lowest BCUT2D eigenvalue weighted by molar-refractivity contribution is 0.0131. The minimum Gasteiger partial charge on any atom is -0.324 e. The highest BCUT2D eigenvalue weighted by molar-refractivity contribution is 5.85. The summed E-state index contributed by atoms with van der Waals surface area (Å²) in [7, 11) is 0. The summed E-state index contributed by atoms with van der Waals surface area (Å²) in [5.41, 5.74) is 6.76. The van der Waals surface area contributed by atoms with Crippen molar-refractivity contribution in [1.29, 1.82) is 0 Å². The molecule has 0 aromatic rings. The Balaban J connectivity index is 0.00000112. The van der Waals surface area contributed by atoms with Gasteiger partial charge in [-0.15, -0.1) is 12.4 Å². The first kappa shape index (κ1) is 13.3. The maximum absolute atomic E-state index is 6.07. The van der Waals surface area contributed by atoms with Crippen LogP contribution in [-0.2, 0) is 0 Å². The van der Waals surface area contributed by atoms with E-state index in [1.165, 1.54) is 45.2 Å². The summed E-state index contributed by atoms with van der Waals surface area (Å²) in [4.78, 5) is 2.59. The molecule has 1 heterocycles. The highest BCUT2D eigenvalue weighted by Gasteiger charge is 2.40. The third kappa shape index (κ3) is 3.33. The molecule has 0 unspecified atom stereocenters. The van der Waals surface area contributed by atoms with Crippen molar-refractivity contribution in [3.8, 4) is 0 Å². The monoisotopic (exact) mass is 232 g/mol. The Morgan fingerprint density at radius 1 is 1.20 bits per heavy atom. The number of piperidine rings is 1. The highest BCUT2D eigenvalue weighted by Crippen LogP contribution is 2.47. The van der Waals surface area contributed by atoms with Gasteiger partial charge in [-0.05, 0) is 51.5 Å². The van der Waals surface area contributed by atoms with E-state index in [2.05, 4.69) is 18.7 Å². The van der Waals surface area contributed by atoms with Gasteiger partial charge < -0.3 is 10.6 Å². The largest absolute Gasteiger partial charge is 0.324 e. The van der Waals surface area contributed by atoms with Gasteiger partial charge in [0.2, 0.25) is 0 Å². The number of rotatable bonds is 2. The fourth-order valence-corrected chi connectivity index (χ4v) is 3.11. The van der Waals surface area contributed by atoms with Crippen molar-refractivity contribution in [2.24, 2.45) is 11.1 Å². The quantitative estimate of drug-likeness (QED) is 0.793. The van der Waals surface area contributed by atoms with Crippen LogP contribution in [0.1, 0.15) is 46.0 Å². The molecule has 1 saturated heterocycles. The third-order valence-electron chi connectivity index (χ3n) is 3.79. The van der Waals surface area contributed by atoms with Gasteiger partial charge in [0, 0.05) is 18.6 Å². The van der Waals surface area contributed by atoms with Crippen LogP contribution in [-0.4, -0.2) is 30.1 Å². The van der Waals surface area contributed by atoms with Gasteiger partial charge in [0.15, 0.2) is 0 Å². The summed E-state index contributed by atoms with van der Waals surface area (Å²) in [5, 5.41) is 0. The summed E-state index contributed by atoms with van der Waals surface area (Å²) in [6, 6.07) is 0. The Hall–Kier alpha value is 0.210. The average molecular weight is 233 g/mol. The van der Waals surface area contributed by atoms with E-state index in [0.717, 1.165) is 6.54 Å². The molecule has 1 aliphatic carbocycles. The Morgan fingerprint density at radius 2 is 1.80 bits per heavy atom. The molecule has 2 N–H and O–H groups in total. The molecule has 1 spiro atoms. The first-order chi connectivity index (χ1) is 6.49. The van der Waals surface area contributed by atoms with E-state index in [4.69, 9.17) is 5.73 Å². The molecule has 2 fully saturated rings. The molecule has 2 aliphatic rings. The van der Waals surface area contributed by atoms with E-state index in [0.29, 0.717) is 5.41 Å². The second-order valence-corrected chi connectivity index (χ2v) is 6.16. The van der Waals surface area contributed by atoms with Crippen LogP contribution < -0.4 is 5.73 Å². The van der Waals surface area contributed by atoms with E-state index in [9.17, 15) is 0 Å². The average Bonchev–Trinajstić information content (AvgIpc) is 1.99. The van der Waals surface area contributed by atoms with Crippen molar-refractivity contribution in [2.75, 3.05) is 19.6 Å². The van der Waals surface area contributed by atoms with Gasteiger partial charge in [0.1, 0.15) is 0 Å². The third-order valence-corrected chi connectivity index (χ3v) is 3.79. The molecular weight excluding hydrogens is 208 g/mol. The highest BCUT2D eigenvalue weighted by atomic mass is 35.5. The van der Waals surface area contributed by atoms with Crippen LogP contribution in [0.3, 0.4) is 0 Å². The van der Waals surface area contributed by atoms with Crippen molar-refractivity contribution in [3.63, 3.8) is 0 Å². The van der Waals surface area contributed by atoms with Gasteiger partial charge in [-0.3, -0.25) is 0 Å². The lowest BCUT2D eigenvalue weighted by Crippen LogP contribution is -2.53. The number of nitrogens with two attached hydrogens (primary N) is 1. The zero-order valence-corrected chi connectivity index (χ0v) is 10.9. The first-order valence-corrected chi connectivity index (χ1v) is 6.01. The van der Waals surface area contributed by atoms with Crippen LogP contribution in [0.4, 0.5) is 0 Å². The molecule has 1 aliphatic heterocycles. The summed E-state index contributed by atoms with van der Waals surface area (Å²) in [5.74, 6) is 0. The van der Waals surface area contributed by atoms with Crippen LogP contribution in [0, 0.1) is 5.41 Å². The molecule has 90 valence electrons. The number of nitrogens with zero attached hydrogens (tertiary/aromatic N) is 1. The summed E-state index contributed by atoms with van der Waals surface area (Å²) in [6.07, 6.45) is 7.24. The van der Waals surface area contributed by atoms with Crippen LogP contribution in [0.2, 0.25) is 0 Å². The van der Waals surface area contributed by atoms with Gasteiger partial charge >= 0.3 is 0 Å². The summed E-state index contributed by atoms with van der Waals surface area (Å²) >= 11 is 0. The molecule has 2 nitrogen and oxygen atoms in total. The van der Waals surface area contributed by atoms with Crippen LogP contribution in [0.5, 0.6) is 0 Å². The second kappa shape index (κ2) is 4.60. The van der Waals surface area contributed by atoms with Gasteiger partial charge in [-0.1, -0.05) is 6.42 Å². The topological polar surface area (TPSA) is 29.3 Å². The number of hydrogen-bond donors (Lipinski definition) is 1. The van der Waals surface area contributed by atoms with E-state index in [-0.39, 0.29) is 17.9 Å². The van der Waals surface area contributed by atoms with Crippen molar-refractivity contribution in [2.45, 2.75) is 51.5 Å². The maximum Gasteiger partial charge on any atom is 0.0226 e. The van der Waals surface area contributed by atoms with Gasteiger partial charge in [-0.25, -0.2) is 0 Å². The molecule has 0 atom stereocenters. The normalized spacial score (nSPS) is 25.8. The first-order valence-electron chi connectivity index (χ1n) is 6.01. The Kier molecular flexibility index (Phi) is 4.07. The molecule has 0 amide bonds. The summed E-state index contributed by atoms with van der Waals surface area (Å²) in [6.45, 7) is 7.91. The minimum atomic E-state index is -0.0255. The molecule has 0 aromatic heterocycles. The Bertz CT molecular complexity index is 206. The molecule has 0 radical (unpaired) electrons. The zero-order valence-electron chi connectivity index (χ0n) is 10.1.